The maximum atomic E-state index is 9.78. The van der Waals surface area contributed by atoms with Gasteiger partial charge in [0.15, 0.2) is 0 Å². The summed E-state index contributed by atoms with van der Waals surface area (Å²) in [6.45, 7) is 8.72. The molecule has 0 aliphatic heterocycles. The summed E-state index contributed by atoms with van der Waals surface area (Å²) < 4.78 is 19.0. The van der Waals surface area contributed by atoms with E-state index < -0.39 is 0 Å². The molecule has 0 aromatic rings. The van der Waals surface area contributed by atoms with Gasteiger partial charge in [0.2, 0.25) is 0 Å². The molecule has 0 atom stereocenters. The normalized spacial score (nSPS) is 8.53. The van der Waals surface area contributed by atoms with E-state index in [4.69, 9.17) is 18.9 Å². The average molecular weight is 287 g/mol. The smallest absolute Gasteiger partial charge is 0.853 e. The molecule has 0 saturated heterocycles. The van der Waals surface area contributed by atoms with Crippen LogP contribution < -0.4 is 10.2 Å². The summed E-state index contributed by atoms with van der Waals surface area (Å²) in [5.41, 5.74) is 0. The van der Waals surface area contributed by atoms with Crippen LogP contribution in [0.2, 0.25) is 0 Å². The van der Waals surface area contributed by atoms with Gasteiger partial charge in [0.1, 0.15) is 13.2 Å². The molecule has 0 bridgehead atoms. The van der Waals surface area contributed by atoms with Gasteiger partial charge >= 0.3 is 23.1 Å². The fourth-order valence-corrected chi connectivity index (χ4v) is 0.703. The molecule has 0 N–H and O–H groups in total. The molecule has 6 nitrogen and oxygen atoms in total. The SMILES string of the molecule is C=COCCOCC[O-].C=COCCOCC[O-].[Mg+2]. The van der Waals surface area contributed by atoms with Gasteiger partial charge in [-0.1, -0.05) is 13.2 Å². The van der Waals surface area contributed by atoms with Crippen molar-refractivity contribution >= 4 is 23.1 Å². The molecule has 0 unspecified atom stereocenters. The minimum atomic E-state index is -0.186. The van der Waals surface area contributed by atoms with Crippen LogP contribution in [0.1, 0.15) is 0 Å². The van der Waals surface area contributed by atoms with Gasteiger partial charge in [-0.2, -0.15) is 0 Å². The van der Waals surface area contributed by atoms with E-state index in [1.165, 1.54) is 12.5 Å². The zero-order valence-corrected chi connectivity index (χ0v) is 12.8. The van der Waals surface area contributed by atoms with Crippen LogP contribution in [0.4, 0.5) is 0 Å². The first kappa shape index (κ1) is 23.8. The standard InChI is InChI=1S/2C6H11O3.Mg/c2*1-2-8-5-6-9-4-3-7;/h2*2H,1,3-6H2;/q2*-1;+2. The van der Waals surface area contributed by atoms with Crippen LogP contribution in [-0.2, 0) is 18.9 Å². The van der Waals surface area contributed by atoms with Crippen molar-refractivity contribution in [2.24, 2.45) is 0 Å². The van der Waals surface area contributed by atoms with Crippen LogP contribution in [0.15, 0.2) is 25.7 Å². The van der Waals surface area contributed by atoms with E-state index in [0.29, 0.717) is 26.4 Å². The summed E-state index contributed by atoms with van der Waals surface area (Å²) >= 11 is 0. The Labute approximate surface area is 131 Å². The van der Waals surface area contributed by atoms with Gasteiger partial charge in [-0.15, -0.1) is 13.2 Å². The Morgan fingerprint density at radius 3 is 1.32 bits per heavy atom. The van der Waals surface area contributed by atoms with Crippen molar-refractivity contribution in [1.82, 2.24) is 0 Å². The van der Waals surface area contributed by atoms with Crippen molar-refractivity contribution in [1.29, 1.82) is 0 Å². The van der Waals surface area contributed by atoms with Gasteiger partial charge in [-0.3, -0.25) is 0 Å². The topological polar surface area (TPSA) is 83.0 Å². The molecule has 0 radical (unpaired) electrons. The van der Waals surface area contributed by atoms with E-state index in [1.807, 2.05) is 0 Å². The predicted octanol–water partition coefficient (Wildman–Crippen LogP) is -1.33. The third kappa shape index (κ3) is 31.9. The predicted molar refractivity (Wildman–Crippen MR) is 69.4 cm³/mol. The van der Waals surface area contributed by atoms with Crippen LogP contribution in [0, 0.1) is 0 Å². The number of ether oxygens (including phenoxy) is 4. The van der Waals surface area contributed by atoms with Crippen LogP contribution in [-0.4, -0.2) is 75.9 Å². The second-order valence-corrected chi connectivity index (χ2v) is 2.71. The molecule has 0 aliphatic rings. The van der Waals surface area contributed by atoms with Crippen molar-refractivity contribution in [3.05, 3.63) is 25.7 Å². The summed E-state index contributed by atoms with van der Waals surface area (Å²) in [6, 6.07) is 0. The zero-order valence-electron chi connectivity index (χ0n) is 11.4. The molecule has 0 aromatic heterocycles. The van der Waals surface area contributed by atoms with Crippen molar-refractivity contribution < 1.29 is 29.2 Å². The van der Waals surface area contributed by atoms with Crippen LogP contribution in [0.25, 0.3) is 0 Å². The van der Waals surface area contributed by atoms with Gasteiger partial charge in [0.25, 0.3) is 0 Å². The Bertz CT molecular complexity index is 150. The minimum Gasteiger partial charge on any atom is -0.853 e. The number of hydrogen-bond acceptors (Lipinski definition) is 6. The molecule has 0 aliphatic carbocycles. The fraction of sp³-hybridized carbons (Fsp3) is 0.667. The molecule has 0 spiro atoms. The van der Waals surface area contributed by atoms with E-state index >= 15 is 0 Å². The van der Waals surface area contributed by atoms with Crippen molar-refractivity contribution in [3.8, 4) is 0 Å². The molecular weight excluding hydrogens is 264 g/mol. The first-order valence-electron chi connectivity index (χ1n) is 5.60. The Balaban J connectivity index is -0.000000256. The first-order chi connectivity index (χ1) is 8.83. The summed E-state index contributed by atoms with van der Waals surface area (Å²) in [4.78, 5) is 0. The summed E-state index contributed by atoms with van der Waals surface area (Å²) in [7, 11) is 0. The summed E-state index contributed by atoms with van der Waals surface area (Å²) in [5, 5.41) is 19.6. The average Bonchev–Trinajstić information content (AvgIpc) is 2.39. The molecule has 108 valence electrons. The Hall–Kier alpha value is -0.314. The van der Waals surface area contributed by atoms with Crippen molar-refractivity contribution in [2.75, 3.05) is 52.9 Å². The molecule has 0 saturated carbocycles. The van der Waals surface area contributed by atoms with Gasteiger partial charge < -0.3 is 29.2 Å². The summed E-state index contributed by atoms with van der Waals surface area (Å²) in [5.74, 6) is 0. The molecule has 0 rings (SSSR count). The minimum absolute atomic E-state index is 0. The van der Waals surface area contributed by atoms with E-state index in [0.717, 1.165) is 0 Å². The largest absolute Gasteiger partial charge is 2.00 e. The van der Waals surface area contributed by atoms with Gasteiger partial charge in [-0.05, 0) is 0 Å². The monoisotopic (exact) mass is 286 g/mol. The Kier molecular flexibility index (Phi) is 32.9. The van der Waals surface area contributed by atoms with Crippen LogP contribution in [0.5, 0.6) is 0 Å². The van der Waals surface area contributed by atoms with E-state index in [1.54, 1.807) is 0 Å². The molecule has 0 fully saturated rings. The third-order valence-corrected chi connectivity index (χ3v) is 1.38. The van der Waals surface area contributed by atoms with Crippen molar-refractivity contribution in [2.45, 2.75) is 0 Å². The molecule has 0 heterocycles. The maximum absolute atomic E-state index is 9.78. The molecule has 19 heavy (non-hydrogen) atoms. The van der Waals surface area contributed by atoms with Gasteiger partial charge in [-0.25, -0.2) is 0 Å². The van der Waals surface area contributed by atoms with Crippen molar-refractivity contribution in [3.63, 3.8) is 0 Å². The second kappa shape index (κ2) is 26.3. The molecule has 0 amide bonds. The molecule has 7 heteroatoms. The maximum Gasteiger partial charge on any atom is 2.00 e. The van der Waals surface area contributed by atoms with Gasteiger partial charge in [0.05, 0.1) is 25.7 Å². The molecular formula is C12H22MgO6. The third-order valence-electron chi connectivity index (χ3n) is 1.38. The van der Waals surface area contributed by atoms with Crippen LogP contribution >= 0.6 is 0 Å². The number of rotatable bonds is 12. The Morgan fingerprint density at radius 2 is 1.05 bits per heavy atom. The van der Waals surface area contributed by atoms with E-state index in [9.17, 15) is 10.2 Å². The quantitative estimate of drug-likeness (QED) is 0.251. The molecule has 0 aromatic carbocycles. The van der Waals surface area contributed by atoms with Gasteiger partial charge in [0, 0.05) is 13.2 Å². The zero-order chi connectivity index (χ0) is 13.9. The first-order valence-corrected chi connectivity index (χ1v) is 5.60. The summed E-state index contributed by atoms with van der Waals surface area (Å²) in [6.07, 6.45) is 2.70. The van der Waals surface area contributed by atoms with Crippen LogP contribution in [0.3, 0.4) is 0 Å². The second-order valence-electron chi connectivity index (χ2n) is 2.71. The fourth-order valence-electron chi connectivity index (χ4n) is 0.703. The number of hydrogen-bond donors (Lipinski definition) is 0. The van der Waals surface area contributed by atoms with E-state index in [2.05, 4.69) is 13.2 Å². The van der Waals surface area contributed by atoms with E-state index in [-0.39, 0.29) is 49.5 Å². The Morgan fingerprint density at radius 1 is 0.684 bits per heavy atom.